The van der Waals surface area contributed by atoms with Crippen LogP contribution in [-0.2, 0) is 9.47 Å². The number of nitrogens with zero attached hydrogens (tertiary/aromatic N) is 2. The highest BCUT2D eigenvalue weighted by atomic mass is 32.1. The van der Waals surface area contributed by atoms with Crippen LogP contribution in [0.15, 0.2) is 52.3 Å². The van der Waals surface area contributed by atoms with Crippen LogP contribution in [0.5, 0.6) is 0 Å². The van der Waals surface area contributed by atoms with Crippen molar-refractivity contribution in [2.24, 2.45) is 5.10 Å². The average Bonchev–Trinajstić information content (AvgIpc) is 3.44. The fourth-order valence-electron chi connectivity index (χ4n) is 4.14. The van der Waals surface area contributed by atoms with Gasteiger partial charge in [0.1, 0.15) is 0 Å². The molecule has 0 radical (unpaired) electrons. The van der Waals surface area contributed by atoms with Gasteiger partial charge in [-0.15, -0.1) is 0 Å². The second-order valence-electron chi connectivity index (χ2n) is 7.77. The lowest BCUT2D eigenvalue weighted by Gasteiger charge is -2.31. The van der Waals surface area contributed by atoms with Gasteiger partial charge in [0, 0.05) is 31.9 Å². The highest BCUT2D eigenvalue weighted by Crippen LogP contribution is 2.34. The van der Waals surface area contributed by atoms with Crippen LogP contribution in [0.4, 0.5) is 0 Å². The summed E-state index contributed by atoms with van der Waals surface area (Å²) in [4.78, 5) is 2.43. The molecule has 2 saturated heterocycles. The molecule has 7 heteroatoms. The Labute approximate surface area is 184 Å². The molecule has 6 nitrogen and oxygen atoms in total. The van der Waals surface area contributed by atoms with E-state index in [9.17, 15) is 0 Å². The maximum atomic E-state index is 5.61. The molecule has 3 aliphatic rings. The third-order valence-corrected chi connectivity index (χ3v) is 5.88. The molecule has 2 N–H and O–H groups in total. The van der Waals surface area contributed by atoms with Gasteiger partial charge in [0.05, 0.1) is 25.5 Å². The molecule has 1 aliphatic carbocycles. The molecule has 160 valence electrons. The van der Waals surface area contributed by atoms with Gasteiger partial charge in [-0.05, 0) is 60.7 Å². The van der Waals surface area contributed by atoms with Gasteiger partial charge in [-0.2, -0.15) is 5.10 Å². The predicted molar refractivity (Wildman–Crippen MR) is 124 cm³/mol. The van der Waals surface area contributed by atoms with E-state index in [0.29, 0.717) is 5.11 Å². The van der Waals surface area contributed by atoms with Crippen LogP contribution in [0.3, 0.4) is 0 Å². The van der Waals surface area contributed by atoms with Crippen LogP contribution < -0.4 is 10.7 Å². The Morgan fingerprint density at radius 2 is 2.00 bits per heavy atom. The fourth-order valence-corrected chi connectivity index (χ4v) is 4.28. The summed E-state index contributed by atoms with van der Waals surface area (Å²) in [7, 11) is 0. The molecule has 0 unspecified atom stereocenters. The number of hydrazone groups is 1. The standard InChI is InChI=1S/C23H30N4O2S/c30-23(24-17-21-7-4-12-29-21)26-25-16-20-9-8-19(15-18-5-2-1-3-6-18)22(20)27-10-13-28-14-11-27/h1-3,5-6,15-16,21H,4,7-14,17H2,(H2,24,26,30)/b19-15?,25-16-/t21-/m1/s1. The van der Waals surface area contributed by atoms with E-state index >= 15 is 0 Å². The number of hydrogen-bond acceptors (Lipinski definition) is 5. The molecular weight excluding hydrogens is 396 g/mol. The van der Waals surface area contributed by atoms with Gasteiger partial charge in [-0.25, -0.2) is 0 Å². The Hall–Kier alpha value is -2.22. The van der Waals surface area contributed by atoms with Gasteiger partial charge in [-0.1, -0.05) is 30.3 Å². The summed E-state index contributed by atoms with van der Waals surface area (Å²) in [5, 5.41) is 8.15. The van der Waals surface area contributed by atoms with E-state index in [1.165, 1.54) is 22.4 Å². The molecule has 0 amide bonds. The Morgan fingerprint density at radius 1 is 1.17 bits per heavy atom. The molecule has 0 bridgehead atoms. The van der Waals surface area contributed by atoms with Crippen LogP contribution in [0.1, 0.15) is 31.2 Å². The van der Waals surface area contributed by atoms with Crippen molar-refractivity contribution < 1.29 is 9.47 Å². The Bertz CT molecular complexity index is 810. The van der Waals surface area contributed by atoms with Crippen molar-refractivity contribution >= 4 is 29.6 Å². The normalized spacial score (nSPS) is 23.5. The first-order valence-corrected chi connectivity index (χ1v) is 11.2. The van der Waals surface area contributed by atoms with Crippen molar-refractivity contribution in [2.75, 3.05) is 39.5 Å². The van der Waals surface area contributed by atoms with Crippen LogP contribution in [0, 0.1) is 0 Å². The number of morpholine rings is 1. The first-order valence-electron chi connectivity index (χ1n) is 10.8. The minimum absolute atomic E-state index is 0.255. The molecule has 1 aromatic carbocycles. The van der Waals surface area contributed by atoms with E-state index in [1.54, 1.807) is 0 Å². The van der Waals surface area contributed by atoms with Crippen LogP contribution in [0.2, 0.25) is 0 Å². The summed E-state index contributed by atoms with van der Waals surface area (Å²) in [6.45, 7) is 4.93. The largest absolute Gasteiger partial charge is 0.378 e. The average molecular weight is 427 g/mol. The smallest absolute Gasteiger partial charge is 0.187 e. The van der Waals surface area contributed by atoms with Gasteiger partial charge >= 0.3 is 0 Å². The van der Waals surface area contributed by atoms with E-state index in [-0.39, 0.29) is 6.10 Å². The zero-order chi connectivity index (χ0) is 20.6. The van der Waals surface area contributed by atoms with Crippen molar-refractivity contribution in [3.63, 3.8) is 0 Å². The minimum atomic E-state index is 0.255. The van der Waals surface area contributed by atoms with Crippen molar-refractivity contribution in [1.82, 2.24) is 15.6 Å². The van der Waals surface area contributed by atoms with Crippen molar-refractivity contribution in [3.05, 3.63) is 52.7 Å². The molecule has 0 aromatic heterocycles. The lowest BCUT2D eigenvalue weighted by Crippen LogP contribution is -2.37. The summed E-state index contributed by atoms with van der Waals surface area (Å²) < 4.78 is 11.2. The summed E-state index contributed by atoms with van der Waals surface area (Å²) in [6.07, 6.45) is 8.69. The Balaban J connectivity index is 1.43. The molecular formula is C23H30N4O2S. The molecule has 4 rings (SSSR count). The third kappa shape index (κ3) is 5.68. The van der Waals surface area contributed by atoms with Gasteiger partial charge < -0.3 is 19.7 Å². The summed E-state index contributed by atoms with van der Waals surface area (Å²) in [5.74, 6) is 0. The number of rotatable bonds is 6. The zero-order valence-electron chi connectivity index (χ0n) is 17.3. The second kappa shape index (κ2) is 10.7. The molecule has 1 aromatic rings. The molecule has 0 spiro atoms. The van der Waals surface area contributed by atoms with Gasteiger partial charge in [0.15, 0.2) is 5.11 Å². The van der Waals surface area contributed by atoms with E-state index in [0.717, 1.165) is 65.1 Å². The topological polar surface area (TPSA) is 58.1 Å². The Kier molecular flexibility index (Phi) is 7.50. The maximum Gasteiger partial charge on any atom is 0.187 e. The van der Waals surface area contributed by atoms with E-state index < -0.39 is 0 Å². The third-order valence-electron chi connectivity index (χ3n) is 5.64. The van der Waals surface area contributed by atoms with E-state index in [4.69, 9.17) is 21.7 Å². The Morgan fingerprint density at radius 3 is 2.77 bits per heavy atom. The van der Waals surface area contributed by atoms with Crippen LogP contribution in [0.25, 0.3) is 6.08 Å². The first-order chi connectivity index (χ1) is 14.8. The van der Waals surface area contributed by atoms with Gasteiger partial charge in [0.2, 0.25) is 0 Å². The first kappa shape index (κ1) is 21.0. The molecule has 2 fully saturated rings. The number of nitrogens with one attached hydrogen (secondary N) is 2. The van der Waals surface area contributed by atoms with Gasteiger partial charge in [0.25, 0.3) is 0 Å². The second-order valence-corrected chi connectivity index (χ2v) is 8.18. The van der Waals surface area contributed by atoms with Gasteiger partial charge in [-0.3, -0.25) is 5.43 Å². The lowest BCUT2D eigenvalue weighted by atomic mass is 10.1. The fraction of sp³-hybridized carbons (Fsp3) is 0.478. The number of thiocarbonyl (C=S) groups is 1. The van der Waals surface area contributed by atoms with Crippen LogP contribution in [-0.4, -0.2) is 61.8 Å². The summed E-state index contributed by atoms with van der Waals surface area (Å²) >= 11 is 5.35. The molecule has 2 aliphatic heterocycles. The predicted octanol–water partition coefficient (Wildman–Crippen LogP) is 3.08. The van der Waals surface area contributed by atoms with Crippen molar-refractivity contribution in [2.45, 2.75) is 31.8 Å². The molecule has 30 heavy (non-hydrogen) atoms. The van der Waals surface area contributed by atoms with Crippen molar-refractivity contribution in [3.8, 4) is 0 Å². The molecule has 2 heterocycles. The highest BCUT2D eigenvalue weighted by molar-refractivity contribution is 7.80. The zero-order valence-corrected chi connectivity index (χ0v) is 18.1. The maximum absolute atomic E-state index is 5.61. The number of benzene rings is 1. The number of allylic oxidation sites excluding steroid dienone is 2. The SMILES string of the molecule is S=C(NC[C@H]1CCCO1)N/N=C\C1=C(N2CCOCC2)C(=Cc2ccccc2)CC1. The molecule has 1 atom stereocenters. The van der Waals surface area contributed by atoms with Crippen LogP contribution >= 0.6 is 12.2 Å². The summed E-state index contributed by atoms with van der Waals surface area (Å²) in [5.41, 5.74) is 8.10. The lowest BCUT2D eigenvalue weighted by molar-refractivity contribution is 0.0548. The van der Waals surface area contributed by atoms with E-state index in [2.05, 4.69) is 57.2 Å². The number of hydrogen-bond donors (Lipinski definition) is 2. The minimum Gasteiger partial charge on any atom is -0.378 e. The van der Waals surface area contributed by atoms with Crippen molar-refractivity contribution in [1.29, 1.82) is 0 Å². The highest BCUT2D eigenvalue weighted by Gasteiger charge is 2.25. The molecule has 0 saturated carbocycles. The number of ether oxygens (including phenoxy) is 2. The van der Waals surface area contributed by atoms with E-state index in [1.807, 2.05) is 6.21 Å². The summed E-state index contributed by atoms with van der Waals surface area (Å²) in [6, 6.07) is 10.5. The quantitative estimate of drug-likeness (QED) is 0.414. The monoisotopic (exact) mass is 426 g/mol.